The van der Waals surface area contributed by atoms with E-state index in [0.717, 1.165) is 16.5 Å². The second-order valence-corrected chi connectivity index (χ2v) is 10.5. The number of nitrogens with one attached hydrogen (secondary N) is 1. The second kappa shape index (κ2) is 9.65. The maximum atomic E-state index is 12.7. The lowest BCUT2D eigenvalue weighted by atomic mass is 10.1. The van der Waals surface area contributed by atoms with Gasteiger partial charge in [-0.2, -0.15) is 4.68 Å². The Bertz CT molecular complexity index is 1060. The average Bonchev–Trinajstić information content (AvgIpc) is 3.14. The van der Waals surface area contributed by atoms with Gasteiger partial charge >= 0.3 is 6.03 Å². The Morgan fingerprint density at radius 1 is 1.25 bits per heavy atom. The largest absolute Gasteiger partial charge is 0.489 e. The highest BCUT2D eigenvalue weighted by molar-refractivity contribution is 7.92. The molecule has 1 amide bonds. The smallest absolute Gasteiger partial charge is 0.344 e. The van der Waals surface area contributed by atoms with Crippen molar-refractivity contribution in [3.8, 4) is 5.75 Å². The fourth-order valence-electron chi connectivity index (χ4n) is 3.20. The van der Waals surface area contributed by atoms with E-state index in [4.69, 9.17) is 16.3 Å². The predicted molar refractivity (Wildman–Crippen MR) is 122 cm³/mol. The molecule has 2 heterocycles. The van der Waals surface area contributed by atoms with Gasteiger partial charge in [-0.25, -0.2) is 13.2 Å². The van der Waals surface area contributed by atoms with Gasteiger partial charge in [-0.05, 0) is 25.5 Å². The zero-order valence-electron chi connectivity index (χ0n) is 18.3. The van der Waals surface area contributed by atoms with Gasteiger partial charge in [0.1, 0.15) is 12.4 Å². The summed E-state index contributed by atoms with van der Waals surface area (Å²) in [6, 6.07) is 6.68. The molecule has 0 spiro atoms. The first-order valence-electron chi connectivity index (χ1n) is 10.1. The number of aromatic nitrogens is 2. The van der Waals surface area contributed by atoms with Crippen molar-refractivity contribution in [2.45, 2.75) is 26.0 Å². The topological polar surface area (TPSA) is 117 Å². The number of amides is 1. The zero-order valence-corrected chi connectivity index (χ0v) is 19.9. The van der Waals surface area contributed by atoms with Gasteiger partial charge in [0.2, 0.25) is 10.0 Å². The fourth-order valence-corrected chi connectivity index (χ4v) is 3.93. The van der Waals surface area contributed by atoms with Gasteiger partial charge < -0.3 is 14.7 Å². The number of piperazine rings is 1. The quantitative estimate of drug-likeness (QED) is 0.614. The van der Waals surface area contributed by atoms with Crippen LogP contribution in [0.1, 0.15) is 19.4 Å². The van der Waals surface area contributed by atoms with Gasteiger partial charge in [0.25, 0.3) is 0 Å². The molecule has 32 heavy (non-hydrogen) atoms. The van der Waals surface area contributed by atoms with Crippen molar-refractivity contribution in [3.05, 3.63) is 41.0 Å². The van der Waals surface area contributed by atoms with Gasteiger partial charge in [0.15, 0.2) is 5.82 Å². The SMILES string of the molecule is CC(C)(O)COc1cccc(CN2CCN(C(=O)n3ccc(NS(C)(=O)=O)n3)CC2)c1Cl. The molecule has 2 aromatic rings. The summed E-state index contributed by atoms with van der Waals surface area (Å²) in [5.74, 6) is 0.623. The Morgan fingerprint density at radius 2 is 1.94 bits per heavy atom. The highest BCUT2D eigenvalue weighted by atomic mass is 35.5. The van der Waals surface area contributed by atoms with Crippen molar-refractivity contribution in [3.63, 3.8) is 0 Å². The summed E-state index contributed by atoms with van der Waals surface area (Å²) in [7, 11) is -3.46. The third kappa shape index (κ3) is 6.83. The number of hydrogen-bond acceptors (Lipinski definition) is 7. The van der Waals surface area contributed by atoms with Gasteiger partial charge in [0, 0.05) is 45.0 Å². The fraction of sp³-hybridized carbons (Fsp3) is 0.500. The summed E-state index contributed by atoms with van der Waals surface area (Å²) in [6.45, 7) is 6.35. The normalized spacial score (nSPS) is 15.6. The standard InChI is InChI=1S/C20H28ClN5O5S/c1-20(2,28)14-31-16-6-4-5-15(18(16)21)13-24-9-11-25(12-10-24)19(27)26-8-7-17(22-26)23-32(3,29)30/h4-8,28H,9-14H2,1-3H3,(H,22,23). The summed E-state index contributed by atoms with van der Waals surface area (Å²) < 4.78 is 31.6. The van der Waals surface area contributed by atoms with Crippen LogP contribution in [0, 0.1) is 0 Å². The maximum absolute atomic E-state index is 12.7. The van der Waals surface area contributed by atoms with E-state index >= 15 is 0 Å². The Balaban J connectivity index is 1.56. The summed E-state index contributed by atoms with van der Waals surface area (Å²) in [4.78, 5) is 16.5. The molecule has 0 unspecified atom stereocenters. The lowest BCUT2D eigenvalue weighted by molar-refractivity contribution is 0.0284. The summed E-state index contributed by atoms with van der Waals surface area (Å²) >= 11 is 6.51. The van der Waals surface area contributed by atoms with E-state index in [-0.39, 0.29) is 18.5 Å². The number of carbonyl (C=O) groups excluding carboxylic acids is 1. The number of anilines is 1. The number of aliphatic hydroxyl groups is 1. The molecule has 1 aromatic carbocycles. The lowest BCUT2D eigenvalue weighted by Crippen LogP contribution is -2.49. The van der Waals surface area contributed by atoms with Gasteiger partial charge in [-0.1, -0.05) is 23.7 Å². The van der Waals surface area contributed by atoms with E-state index in [1.165, 1.54) is 12.3 Å². The molecule has 3 rings (SSSR count). The molecule has 0 bridgehead atoms. The Kier molecular flexibility index (Phi) is 7.33. The zero-order chi connectivity index (χ0) is 23.5. The summed E-state index contributed by atoms with van der Waals surface area (Å²) in [6.07, 6.45) is 2.45. The van der Waals surface area contributed by atoms with Crippen LogP contribution in [0.25, 0.3) is 0 Å². The van der Waals surface area contributed by atoms with E-state index < -0.39 is 15.6 Å². The molecule has 1 fully saturated rings. The summed E-state index contributed by atoms with van der Waals surface area (Å²) in [5.41, 5.74) is -0.0541. The van der Waals surface area contributed by atoms with Crippen molar-refractivity contribution in [2.24, 2.45) is 0 Å². The van der Waals surface area contributed by atoms with Crippen LogP contribution in [0.15, 0.2) is 30.5 Å². The van der Waals surface area contributed by atoms with Crippen molar-refractivity contribution in [1.29, 1.82) is 0 Å². The average molecular weight is 486 g/mol. The number of halogens is 1. The number of sulfonamides is 1. The maximum Gasteiger partial charge on any atom is 0.344 e. The number of nitrogens with zero attached hydrogens (tertiary/aromatic N) is 4. The van der Waals surface area contributed by atoms with Crippen molar-refractivity contribution >= 4 is 33.5 Å². The number of ether oxygens (including phenoxy) is 1. The predicted octanol–water partition coefficient (Wildman–Crippen LogP) is 1.84. The number of benzene rings is 1. The molecular weight excluding hydrogens is 458 g/mol. The molecule has 2 N–H and O–H groups in total. The van der Waals surface area contributed by atoms with Crippen LogP contribution in [0.3, 0.4) is 0 Å². The molecular formula is C20H28ClN5O5S. The third-order valence-corrected chi connectivity index (χ3v) is 5.74. The minimum absolute atomic E-state index is 0.0980. The lowest BCUT2D eigenvalue weighted by Gasteiger charge is -2.34. The molecule has 1 aromatic heterocycles. The Hall–Kier alpha value is -2.34. The first-order valence-corrected chi connectivity index (χ1v) is 12.4. The first-order chi connectivity index (χ1) is 14.9. The van der Waals surface area contributed by atoms with Crippen LogP contribution in [-0.4, -0.2) is 83.8 Å². The van der Waals surface area contributed by atoms with E-state index in [9.17, 15) is 18.3 Å². The van der Waals surface area contributed by atoms with Crippen molar-refractivity contribution in [2.75, 3.05) is 43.8 Å². The van der Waals surface area contributed by atoms with Crippen molar-refractivity contribution < 1.29 is 23.1 Å². The van der Waals surface area contributed by atoms with E-state index in [1.54, 1.807) is 24.8 Å². The number of carbonyl (C=O) groups is 1. The highest BCUT2D eigenvalue weighted by Crippen LogP contribution is 2.30. The summed E-state index contributed by atoms with van der Waals surface area (Å²) in [5, 5.41) is 14.4. The highest BCUT2D eigenvalue weighted by Gasteiger charge is 2.24. The molecule has 0 aliphatic carbocycles. The first kappa shape index (κ1) is 24.3. The van der Waals surface area contributed by atoms with Gasteiger partial charge in [-0.3, -0.25) is 9.62 Å². The minimum Gasteiger partial charge on any atom is -0.489 e. The molecule has 0 saturated carbocycles. The molecule has 176 valence electrons. The molecule has 1 aliphatic rings. The molecule has 1 aliphatic heterocycles. The number of hydrogen-bond donors (Lipinski definition) is 2. The second-order valence-electron chi connectivity index (χ2n) is 8.40. The van der Waals surface area contributed by atoms with E-state index in [2.05, 4.69) is 14.7 Å². The minimum atomic E-state index is -3.46. The monoisotopic (exact) mass is 485 g/mol. The number of rotatable bonds is 7. The molecule has 12 heteroatoms. The van der Waals surface area contributed by atoms with Crippen LogP contribution in [0.4, 0.5) is 10.6 Å². The molecule has 1 saturated heterocycles. The molecule has 0 radical (unpaired) electrons. The van der Waals surface area contributed by atoms with Crippen LogP contribution in [-0.2, 0) is 16.6 Å². The van der Waals surface area contributed by atoms with Gasteiger partial charge in [0.05, 0.1) is 16.9 Å². The van der Waals surface area contributed by atoms with Crippen molar-refractivity contribution in [1.82, 2.24) is 19.6 Å². The van der Waals surface area contributed by atoms with Crippen LogP contribution >= 0.6 is 11.6 Å². The van der Waals surface area contributed by atoms with E-state index in [1.807, 2.05) is 12.1 Å². The Labute approximate surface area is 192 Å². The van der Waals surface area contributed by atoms with E-state index in [0.29, 0.717) is 43.5 Å². The van der Waals surface area contributed by atoms with Crippen LogP contribution in [0.5, 0.6) is 5.75 Å². The molecule has 10 nitrogen and oxygen atoms in total. The van der Waals surface area contributed by atoms with Gasteiger partial charge in [-0.15, -0.1) is 5.10 Å². The molecule has 0 atom stereocenters. The Morgan fingerprint density at radius 3 is 2.56 bits per heavy atom. The van der Waals surface area contributed by atoms with Crippen LogP contribution < -0.4 is 9.46 Å². The van der Waals surface area contributed by atoms with Crippen LogP contribution in [0.2, 0.25) is 5.02 Å². The third-order valence-electron chi connectivity index (χ3n) is 4.74.